The molecular formula is C19H25N3O. The van der Waals surface area contributed by atoms with E-state index in [-0.39, 0.29) is 5.91 Å². The fourth-order valence-electron chi connectivity index (χ4n) is 2.46. The number of rotatable bonds is 7. The number of hydrogen-bond acceptors (Lipinski definition) is 3. The molecule has 0 aliphatic rings. The van der Waals surface area contributed by atoms with Crippen LogP contribution in [-0.2, 0) is 13.1 Å². The van der Waals surface area contributed by atoms with Gasteiger partial charge in [-0.1, -0.05) is 38.1 Å². The van der Waals surface area contributed by atoms with Gasteiger partial charge in [0.15, 0.2) is 0 Å². The van der Waals surface area contributed by atoms with Crippen LogP contribution in [0.15, 0.2) is 48.5 Å². The molecule has 4 nitrogen and oxygen atoms in total. The van der Waals surface area contributed by atoms with Crippen molar-refractivity contribution in [2.45, 2.75) is 26.9 Å². The normalized spacial score (nSPS) is 10.7. The van der Waals surface area contributed by atoms with Crippen molar-refractivity contribution >= 4 is 11.6 Å². The SMILES string of the molecule is CCN(CC)Cc1cccc(CNC(=O)c2ccc(N)cc2)c1. The summed E-state index contributed by atoms with van der Waals surface area (Å²) in [6, 6.07) is 15.3. The summed E-state index contributed by atoms with van der Waals surface area (Å²) >= 11 is 0. The van der Waals surface area contributed by atoms with Gasteiger partial charge in [0.1, 0.15) is 0 Å². The van der Waals surface area contributed by atoms with Crippen molar-refractivity contribution in [2.24, 2.45) is 0 Å². The first-order valence-electron chi connectivity index (χ1n) is 8.06. The summed E-state index contributed by atoms with van der Waals surface area (Å²) in [5.41, 5.74) is 9.30. The van der Waals surface area contributed by atoms with Crippen LogP contribution in [0.25, 0.3) is 0 Å². The summed E-state index contributed by atoms with van der Waals surface area (Å²) in [5.74, 6) is -0.0841. The molecule has 2 rings (SSSR count). The Morgan fingerprint density at radius 1 is 1.04 bits per heavy atom. The molecule has 0 aliphatic heterocycles. The van der Waals surface area contributed by atoms with E-state index in [0.717, 1.165) is 25.2 Å². The Morgan fingerprint density at radius 2 is 1.70 bits per heavy atom. The van der Waals surface area contributed by atoms with E-state index in [0.29, 0.717) is 17.8 Å². The van der Waals surface area contributed by atoms with Crippen molar-refractivity contribution in [3.05, 3.63) is 65.2 Å². The van der Waals surface area contributed by atoms with Crippen molar-refractivity contribution in [1.29, 1.82) is 0 Å². The highest BCUT2D eigenvalue weighted by Gasteiger charge is 2.06. The molecule has 0 bridgehead atoms. The molecular weight excluding hydrogens is 286 g/mol. The van der Waals surface area contributed by atoms with Gasteiger partial charge in [-0.25, -0.2) is 0 Å². The van der Waals surface area contributed by atoms with Gasteiger partial charge in [-0.15, -0.1) is 0 Å². The summed E-state index contributed by atoms with van der Waals surface area (Å²) in [6.07, 6.45) is 0. The summed E-state index contributed by atoms with van der Waals surface area (Å²) in [6.45, 7) is 7.87. The van der Waals surface area contributed by atoms with Gasteiger partial charge in [0.2, 0.25) is 0 Å². The monoisotopic (exact) mass is 311 g/mol. The second-order valence-corrected chi connectivity index (χ2v) is 5.59. The standard InChI is InChI=1S/C19H25N3O/c1-3-22(4-2)14-16-7-5-6-15(12-16)13-21-19(23)17-8-10-18(20)11-9-17/h5-12H,3-4,13-14,20H2,1-2H3,(H,21,23). The number of amides is 1. The highest BCUT2D eigenvalue weighted by molar-refractivity contribution is 5.94. The van der Waals surface area contributed by atoms with Crippen LogP contribution in [0.4, 0.5) is 5.69 Å². The Hall–Kier alpha value is -2.33. The predicted octanol–water partition coefficient (Wildman–Crippen LogP) is 3.04. The van der Waals surface area contributed by atoms with E-state index in [4.69, 9.17) is 5.73 Å². The number of nitrogens with two attached hydrogens (primary N) is 1. The topological polar surface area (TPSA) is 58.4 Å². The van der Waals surface area contributed by atoms with Gasteiger partial charge in [0.05, 0.1) is 0 Å². The molecule has 1 amide bonds. The lowest BCUT2D eigenvalue weighted by Crippen LogP contribution is -2.23. The number of anilines is 1. The van der Waals surface area contributed by atoms with Crippen LogP contribution in [-0.4, -0.2) is 23.9 Å². The first-order valence-corrected chi connectivity index (χ1v) is 8.06. The molecule has 23 heavy (non-hydrogen) atoms. The first kappa shape index (κ1) is 17.0. The lowest BCUT2D eigenvalue weighted by molar-refractivity contribution is 0.0951. The molecule has 0 unspecified atom stereocenters. The van der Waals surface area contributed by atoms with Gasteiger partial charge in [-0.3, -0.25) is 9.69 Å². The van der Waals surface area contributed by atoms with Crippen molar-refractivity contribution in [3.8, 4) is 0 Å². The average Bonchev–Trinajstić information content (AvgIpc) is 2.58. The van der Waals surface area contributed by atoms with Crippen LogP contribution in [0.3, 0.4) is 0 Å². The maximum atomic E-state index is 12.1. The first-order chi connectivity index (χ1) is 11.1. The van der Waals surface area contributed by atoms with Crippen LogP contribution in [0.1, 0.15) is 35.3 Å². The average molecular weight is 311 g/mol. The van der Waals surface area contributed by atoms with Crippen molar-refractivity contribution in [1.82, 2.24) is 10.2 Å². The van der Waals surface area contributed by atoms with E-state index in [2.05, 4.69) is 36.2 Å². The molecule has 0 aliphatic carbocycles. The van der Waals surface area contributed by atoms with Gasteiger partial charge in [-0.2, -0.15) is 0 Å². The third kappa shape index (κ3) is 5.11. The van der Waals surface area contributed by atoms with Crippen LogP contribution in [0.5, 0.6) is 0 Å². The minimum Gasteiger partial charge on any atom is -0.399 e. The Morgan fingerprint density at radius 3 is 2.35 bits per heavy atom. The second kappa shape index (κ2) is 8.34. The van der Waals surface area contributed by atoms with Gasteiger partial charge < -0.3 is 11.1 Å². The van der Waals surface area contributed by atoms with E-state index < -0.39 is 0 Å². The van der Waals surface area contributed by atoms with E-state index in [9.17, 15) is 4.79 Å². The lowest BCUT2D eigenvalue weighted by Gasteiger charge is -2.18. The minimum absolute atomic E-state index is 0.0841. The molecule has 2 aromatic carbocycles. The van der Waals surface area contributed by atoms with Gasteiger partial charge in [-0.05, 0) is 48.5 Å². The molecule has 3 N–H and O–H groups in total. The number of carbonyl (C=O) groups is 1. The van der Waals surface area contributed by atoms with Gasteiger partial charge >= 0.3 is 0 Å². The highest BCUT2D eigenvalue weighted by atomic mass is 16.1. The molecule has 0 aromatic heterocycles. The third-order valence-electron chi connectivity index (χ3n) is 3.92. The fourth-order valence-corrected chi connectivity index (χ4v) is 2.46. The Bertz CT molecular complexity index is 633. The molecule has 0 heterocycles. The zero-order valence-electron chi connectivity index (χ0n) is 13.9. The van der Waals surface area contributed by atoms with Crippen molar-refractivity contribution in [3.63, 3.8) is 0 Å². The zero-order chi connectivity index (χ0) is 16.7. The summed E-state index contributed by atoms with van der Waals surface area (Å²) in [4.78, 5) is 14.5. The number of carbonyl (C=O) groups excluding carboxylic acids is 1. The Kier molecular flexibility index (Phi) is 6.18. The van der Waals surface area contributed by atoms with Crippen molar-refractivity contribution in [2.75, 3.05) is 18.8 Å². The molecule has 122 valence electrons. The number of nitrogens with one attached hydrogen (secondary N) is 1. The predicted molar refractivity (Wildman–Crippen MR) is 95.1 cm³/mol. The highest BCUT2D eigenvalue weighted by Crippen LogP contribution is 2.09. The van der Waals surface area contributed by atoms with Crippen LogP contribution in [0, 0.1) is 0 Å². The van der Waals surface area contributed by atoms with E-state index >= 15 is 0 Å². The van der Waals surface area contributed by atoms with Crippen molar-refractivity contribution < 1.29 is 4.79 Å². The molecule has 0 fully saturated rings. The van der Waals surface area contributed by atoms with Crippen LogP contribution >= 0.6 is 0 Å². The fraction of sp³-hybridized carbons (Fsp3) is 0.316. The number of nitrogens with zero attached hydrogens (tertiary/aromatic N) is 1. The van der Waals surface area contributed by atoms with Crippen LogP contribution in [0.2, 0.25) is 0 Å². The summed E-state index contributed by atoms with van der Waals surface area (Å²) < 4.78 is 0. The Labute approximate surface area is 138 Å². The van der Waals surface area contributed by atoms with E-state index in [1.165, 1.54) is 5.56 Å². The number of benzene rings is 2. The van der Waals surface area contributed by atoms with E-state index in [1.807, 2.05) is 12.1 Å². The van der Waals surface area contributed by atoms with Gasteiger partial charge in [0, 0.05) is 24.3 Å². The molecule has 0 spiro atoms. The lowest BCUT2D eigenvalue weighted by atomic mass is 10.1. The quantitative estimate of drug-likeness (QED) is 0.773. The van der Waals surface area contributed by atoms with Gasteiger partial charge in [0.25, 0.3) is 5.91 Å². The number of nitrogen functional groups attached to an aromatic ring is 1. The second-order valence-electron chi connectivity index (χ2n) is 5.59. The molecule has 2 aromatic rings. The van der Waals surface area contributed by atoms with E-state index in [1.54, 1.807) is 24.3 Å². The largest absolute Gasteiger partial charge is 0.399 e. The minimum atomic E-state index is -0.0841. The molecule has 0 saturated carbocycles. The molecule has 0 saturated heterocycles. The molecule has 4 heteroatoms. The van der Waals surface area contributed by atoms with Crippen LogP contribution < -0.4 is 11.1 Å². The zero-order valence-corrected chi connectivity index (χ0v) is 13.9. The third-order valence-corrected chi connectivity index (χ3v) is 3.92. The maximum Gasteiger partial charge on any atom is 0.251 e. The summed E-state index contributed by atoms with van der Waals surface area (Å²) in [5, 5.41) is 2.95. The maximum absolute atomic E-state index is 12.1. The number of hydrogen-bond donors (Lipinski definition) is 2. The summed E-state index contributed by atoms with van der Waals surface area (Å²) in [7, 11) is 0. The Balaban J connectivity index is 1.95. The molecule has 0 radical (unpaired) electrons. The smallest absolute Gasteiger partial charge is 0.251 e. The molecule has 0 atom stereocenters.